The van der Waals surface area contributed by atoms with Gasteiger partial charge in [0.15, 0.2) is 5.78 Å². The third kappa shape index (κ3) is 3.94. The van der Waals surface area contributed by atoms with Crippen molar-refractivity contribution < 1.29 is 37.4 Å². The van der Waals surface area contributed by atoms with Crippen LogP contribution in [0.3, 0.4) is 0 Å². The van der Waals surface area contributed by atoms with Crippen LogP contribution in [-0.4, -0.2) is 46.9 Å². The number of thiophene rings is 1. The van der Waals surface area contributed by atoms with Crippen LogP contribution >= 0.6 is 11.3 Å². The zero-order chi connectivity index (χ0) is 23.7. The van der Waals surface area contributed by atoms with E-state index in [4.69, 9.17) is 0 Å². The number of methoxy groups -OCH3 is 1. The summed E-state index contributed by atoms with van der Waals surface area (Å²) in [5.74, 6) is -4.79. The number of allylic oxidation sites excluding steroid dienone is 1. The fourth-order valence-electron chi connectivity index (χ4n) is 3.41. The van der Waals surface area contributed by atoms with Gasteiger partial charge in [0.1, 0.15) is 5.92 Å². The van der Waals surface area contributed by atoms with Crippen LogP contribution in [0.4, 0.5) is 23.7 Å². The summed E-state index contributed by atoms with van der Waals surface area (Å²) in [7, 11) is 0.931. The summed E-state index contributed by atoms with van der Waals surface area (Å²) in [5.41, 5.74) is -2.98. The SMILES string of the molecule is COC(=O)C1=C(C)N(NC(=O)Nc2ccccc2)C(O)(C(F)(F)F)C1C(=O)c1cccs1. The van der Waals surface area contributed by atoms with Gasteiger partial charge in [-0.3, -0.25) is 4.79 Å². The molecular formula is C20H18F3N3O5S. The van der Waals surface area contributed by atoms with E-state index in [-0.39, 0.29) is 15.6 Å². The number of amides is 2. The number of alkyl halides is 3. The predicted octanol–water partition coefficient (Wildman–Crippen LogP) is 3.30. The molecule has 2 aromatic rings. The molecule has 0 fully saturated rings. The van der Waals surface area contributed by atoms with Crippen LogP contribution in [0.15, 0.2) is 59.1 Å². The Bertz CT molecular complexity index is 1060. The number of urea groups is 1. The van der Waals surface area contributed by atoms with Gasteiger partial charge in [-0.1, -0.05) is 24.3 Å². The topological polar surface area (TPSA) is 108 Å². The van der Waals surface area contributed by atoms with E-state index in [0.717, 1.165) is 25.4 Å². The third-order valence-corrected chi connectivity index (χ3v) is 5.74. The van der Waals surface area contributed by atoms with E-state index in [9.17, 15) is 32.7 Å². The smallest absolute Gasteiger partial charge is 0.439 e. The van der Waals surface area contributed by atoms with E-state index in [2.05, 4.69) is 10.1 Å². The molecular weight excluding hydrogens is 451 g/mol. The number of carbonyl (C=O) groups excluding carboxylic acids is 3. The van der Waals surface area contributed by atoms with Gasteiger partial charge in [0, 0.05) is 11.4 Å². The van der Waals surface area contributed by atoms with E-state index >= 15 is 0 Å². The molecule has 32 heavy (non-hydrogen) atoms. The van der Waals surface area contributed by atoms with Crippen LogP contribution in [0.1, 0.15) is 16.6 Å². The molecule has 2 atom stereocenters. The Morgan fingerprint density at radius 3 is 2.34 bits per heavy atom. The van der Waals surface area contributed by atoms with Gasteiger partial charge in [0.05, 0.1) is 17.6 Å². The van der Waals surface area contributed by atoms with Crippen molar-refractivity contribution >= 4 is 34.8 Å². The molecule has 2 amide bonds. The molecule has 2 heterocycles. The minimum atomic E-state index is -5.46. The summed E-state index contributed by atoms with van der Waals surface area (Å²) in [6.07, 6.45) is -5.46. The molecule has 0 saturated carbocycles. The number of esters is 1. The Kier molecular flexibility index (Phi) is 6.28. The second-order valence-electron chi connectivity index (χ2n) is 6.76. The third-order valence-electron chi connectivity index (χ3n) is 4.85. The Balaban J connectivity index is 2.07. The van der Waals surface area contributed by atoms with Gasteiger partial charge in [-0.15, -0.1) is 11.3 Å². The largest absolute Gasteiger partial charge is 0.466 e. The molecule has 0 bridgehead atoms. The summed E-state index contributed by atoms with van der Waals surface area (Å²) >= 11 is 0.848. The molecule has 12 heteroatoms. The fourth-order valence-corrected chi connectivity index (χ4v) is 4.10. The molecule has 0 aliphatic carbocycles. The first-order valence-electron chi connectivity index (χ1n) is 9.11. The van der Waals surface area contributed by atoms with Gasteiger partial charge < -0.3 is 15.2 Å². The molecule has 0 saturated heterocycles. The molecule has 170 valence electrons. The van der Waals surface area contributed by atoms with Crippen molar-refractivity contribution in [2.75, 3.05) is 12.4 Å². The Hall–Kier alpha value is -3.38. The minimum Gasteiger partial charge on any atom is -0.466 e. The molecule has 8 nitrogen and oxygen atoms in total. The highest BCUT2D eigenvalue weighted by molar-refractivity contribution is 7.12. The first-order valence-corrected chi connectivity index (χ1v) is 9.99. The molecule has 1 aliphatic heterocycles. The monoisotopic (exact) mass is 469 g/mol. The van der Waals surface area contributed by atoms with Crippen molar-refractivity contribution in [1.82, 2.24) is 10.4 Å². The summed E-state index contributed by atoms with van der Waals surface area (Å²) in [4.78, 5) is 37.7. The van der Waals surface area contributed by atoms with Gasteiger partial charge in [-0.25, -0.2) is 20.0 Å². The maximum absolute atomic E-state index is 14.2. The number of Topliss-reactive ketones (excluding diaryl/α,β-unsaturated/α-hetero) is 1. The van der Waals surface area contributed by atoms with Gasteiger partial charge >= 0.3 is 18.2 Å². The normalized spacial score (nSPS) is 20.8. The molecule has 0 spiro atoms. The first-order chi connectivity index (χ1) is 15.0. The number of carbonyl (C=O) groups is 3. The molecule has 1 aromatic heterocycles. The van der Waals surface area contributed by atoms with Crippen molar-refractivity contribution in [3.63, 3.8) is 0 Å². The van der Waals surface area contributed by atoms with Gasteiger partial charge in [0.2, 0.25) is 0 Å². The number of halogens is 3. The van der Waals surface area contributed by atoms with Crippen LogP contribution in [-0.2, 0) is 9.53 Å². The zero-order valence-electron chi connectivity index (χ0n) is 16.8. The number of hydrogen-bond donors (Lipinski definition) is 3. The standard InChI is InChI=1S/C20H18F3N3O5S/c1-11-14(17(28)31-2)15(16(27)13-9-6-10-32-13)19(30,20(21,22)23)26(11)25-18(29)24-12-7-4-3-5-8-12/h3-10,15,30H,1-2H3,(H2,24,25,29). The van der Waals surface area contributed by atoms with Crippen LogP contribution in [0.2, 0.25) is 0 Å². The van der Waals surface area contributed by atoms with Crippen LogP contribution in [0, 0.1) is 5.92 Å². The van der Waals surface area contributed by atoms with Crippen molar-refractivity contribution in [2.24, 2.45) is 5.92 Å². The van der Waals surface area contributed by atoms with Crippen LogP contribution < -0.4 is 10.7 Å². The summed E-state index contributed by atoms with van der Waals surface area (Å²) in [5, 5.41) is 14.8. The summed E-state index contributed by atoms with van der Waals surface area (Å²) < 4.78 is 47.3. The number of aliphatic hydroxyl groups is 1. The number of nitrogens with one attached hydrogen (secondary N) is 2. The second kappa shape index (κ2) is 8.63. The lowest BCUT2D eigenvalue weighted by Crippen LogP contribution is -2.66. The maximum atomic E-state index is 14.2. The highest BCUT2D eigenvalue weighted by atomic mass is 32.1. The lowest BCUT2D eigenvalue weighted by molar-refractivity contribution is -0.318. The quantitative estimate of drug-likeness (QED) is 0.458. The highest BCUT2D eigenvalue weighted by Crippen LogP contribution is 2.50. The lowest BCUT2D eigenvalue weighted by Gasteiger charge is -2.40. The summed E-state index contributed by atoms with van der Waals surface area (Å²) in [6.45, 7) is 1.06. The van der Waals surface area contributed by atoms with Crippen LogP contribution in [0.25, 0.3) is 0 Å². The molecule has 0 radical (unpaired) electrons. The number of hydrogen-bond acceptors (Lipinski definition) is 7. The number of hydrazine groups is 1. The number of ketones is 1. The predicted molar refractivity (Wildman–Crippen MR) is 108 cm³/mol. The second-order valence-corrected chi connectivity index (χ2v) is 7.70. The van der Waals surface area contributed by atoms with E-state index < -0.39 is 46.9 Å². The number of nitrogens with zero attached hydrogens (tertiary/aromatic N) is 1. The molecule has 1 aliphatic rings. The van der Waals surface area contributed by atoms with E-state index in [1.807, 2.05) is 5.43 Å². The highest BCUT2D eigenvalue weighted by Gasteiger charge is 2.71. The van der Waals surface area contributed by atoms with Gasteiger partial charge in [0.25, 0.3) is 5.72 Å². The van der Waals surface area contributed by atoms with Gasteiger partial charge in [-0.05, 0) is 30.5 Å². The van der Waals surface area contributed by atoms with E-state index in [1.165, 1.54) is 29.6 Å². The van der Waals surface area contributed by atoms with Crippen molar-refractivity contribution in [1.29, 1.82) is 0 Å². The van der Waals surface area contributed by atoms with E-state index in [1.54, 1.807) is 18.2 Å². The Labute approximate surface area is 184 Å². The van der Waals surface area contributed by atoms with Crippen molar-refractivity contribution in [2.45, 2.75) is 18.8 Å². The average Bonchev–Trinajstić information content (AvgIpc) is 3.35. The molecule has 2 unspecified atom stereocenters. The lowest BCUT2D eigenvalue weighted by atomic mass is 9.85. The van der Waals surface area contributed by atoms with Crippen molar-refractivity contribution in [3.05, 3.63) is 64.0 Å². The fraction of sp³-hybridized carbons (Fsp3) is 0.250. The summed E-state index contributed by atoms with van der Waals surface area (Å²) in [6, 6.07) is 9.41. The molecule has 3 N–H and O–H groups in total. The maximum Gasteiger partial charge on any atom is 0.439 e. The number of benzene rings is 1. The number of anilines is 1. The van der Waals surface area contributed by atoms with Crippen LogP contribution in [0.5, 0.6) is 0 Å². The zero-order valence-corrected chi connectivity index (χ0v) is 17.6. The number of rotatable bonds is 5. The molecule has 3 rings (SSSR count). The average molecular weight is 469 g/mol. The van der Waals surface area contributed by atoms with E-state index in [0.29, 0.717) is 0 Å². The van der Waals surface area contributed by atoms with Crippen molar-refractivity contribution in [3.8, 4) is 0 Å². The first kappa shape index (κ1) is 23.3. The Morgan fingerprint density at radius 2 is 1.81 bits per heavy atom. The number of ether oxygens (including phenoxy) is 1. The van der Waals surface area contributed by atoms with Gasteiger partial charge in [-0.2, -0.15) is 13.2 Å². The number of para-hydroxylation sites is 1. The Morgan fingerprint density at radius 1 is 1.16 bits per heavy atom. The minimum absolute atomic E-state index is 0.0771. The molecule has 1 aromatic carbocycles.